The SMILES string of the molecule is CCOc1cncc(C(=O)C(N)c2ccccc2)c1. The summed E-state index contributed by atoms with van der Waals surface area (Å²) < 4.78 is 5.33. The lowest BCUT2D eigenvalue weighted by Gasteiger charge is -2.11. The monoisotopic (exact) mass is 256 g/mol. The number of nitrogens with two attached hydrogens (primary N) is 1. The number of Topliss-reactive ketones (excluding diaryl/α,β-unsaturated/α-hetero) is 1. The van der Waals surface area contributed by atoms with Crippen molar-refractivity contribution in [3.8, 4) is 5.75 Å². The first-order valence-corrected chi connectivity index (χ1v) is 6.15. The van der Waals surface area contributed by atoms with Gasteiger partial charge in [0, 0.05) is 11.8 Å². The fourth-order valence-corrected chi connectivity index (χ4v) is 1.79. The molecule has 0 bridgehead atoms. The van der Waals surface area contributed by atoms with E-state index >= 15 is 0 Å². The average molecular weight is 256 g/mol. The van der Waals surface area contributed by atoms with Crippen LogP contribution in [0.25, 0.3) is 0 Å². The second-order valence-corrected chi connectivity index (χ2v) is 4.09. The van der Waals surface area contributed by atoms with Gasteiger partial charge in [0.25, 0.3) is 0 Å². The van der Waals surface area contributed by atoms with E-state index in [1.165, 1.54) is 6.20 Å². The number of benzene rings is 1. The molecule has 19 heavy (non-hydrogen) atoms. The second kappa shape index (κ2) is 6.11. The van der Waals surface area contributed by atoms with E-state index in [1.54, 1.807) is 12.3 Å². The first-order valence-electron chi connectivity index (χ1n) is 6.15. The van der Waals surface area contributed by atoms with Crippen LogP contribution in [-0.2, 0) is 0 Å². The maximum Gasteiger partial charge on any atom is 0.185 e. The number of carbonyl (C=O) groups excluding carboxylic acids is 1. The van der Waals surface area contributed by atoms with Crippen LogP contribution in [0.5, 0.6) is 5.75 Å². The minimum absolute atomic E-state index is 0.166. The lowest BCUT2D eigenvalue weighted by atomic mass is 9.99. The largest absolute Gasteiger partial charge is 0.492 e. The van der Waals surface area contributed by atoms with Gasteiger partial charge >= 0.3 is 0 Å². The van der Waals surface area contributed by atoms with E-state index in [0.717, 1.165) is 5.56 Å². The van der Waals surface area contributed by atoms with E-state index in [-0.39, 0.29) is 5.78 Å². The van der Waals surface area contributed by atoms with Crippen LogP contribution in [0, 0.1) is 0 Å². The lowest BCUT2D eigenvalue weighted by Crippen LogP contribution is -2.21. The Hall–Kier alpha value is -2.20. The van der Waals surface area contributed by atoms with E-state index < -0.39 is 6.04 Å². The fraction of sp³-hybridized carbons (Fsp3) is 0.200. The summed E-state index contributed by atoms with van der Waals surface area (Å²) in [6.07, 6.45) is 3.09. The first kappa shape index (κ1) is 13.2. The Morgan fingerprint density at radius 1 is 1.32 bits per heavy atom. The molecule has 0 saturated heterocycles. The molecule has 0 aliphatic carbocycles. The van der Waals surface area contributed by atoms with E-state index in [0.29, 0.717) is 17.9 Å². The third-order valence-corrected chi connectivity index (χ3v) is 2.75. The second-order valence-electron chi connectivity index (χ2n) is 4.09. The van der Waals surface area contributed by atoms with Crippen molar-refractivity contribution in [2.24, 2.45) is 5.73 Å². The van der Waals surface area contributed by atoms with Crippen molar-refractivity contribution in [1.82, 2.24) is 4.98 Å². The van der Waals surface area contributed by atoms with Crippen LogP contribution >= 0.6 is 0 Å². The van der Waals surface area contributed by atoms with Crippen LogP contribution < -0.4 is 10.5 Å². The maximum absolute atomic E-state index is 12.3. The standard InChI is InChI=1S/C15H16N2O2/c1-2-19-13-8-12(9-17-10-13)15(18)14(16)11-6-4-3-5-7-11/h3-10,14H,2,16H2,1H3. The topological polar surface area (TPSA) is 65.2 Å². The molecular weight excluding hydrogens is 240 g/mol. The first-order chi connectivity index (χ1) is 9.22. The highest BCUT2D eigenvalue weighted by Crippen LogP contribution is 2.18. The van der Waals surface area contributed by atoms with Gasteiger partial charge in [-0.05, 0) is 18.6 Å². The van der Waals surface area contributed by atoms with Gasteiger partial charge in [-0.1, -0.05) is 30.3 Å². The molecule has 0 spiro atoms. The Balaban J connectivity index is 2.22. The normalized spacial score (nSPS) is 11.9. The summed E-state index contributed by atoms with van der Waals surface area (Å²) in [7, 11) is 0. The molecule has 2 rings (SSSR count). The van der Waals surface area contributed by atoms with Crippen LogP contribution in [-0.4, -0.2) is 17.4 Å². The smallest absolute Gasteiger partial charge is 0.185 e. The van der Waals surface area contributed by atoms with E-state index in [9.17, 15) is 4.79 Å². The number of pyridine rings is 1. The Labute approximate surface area is 112 Å². The Bertz CT molecular complexity index is 555. The predicted molar refractivity (Wildman–Crippen MR) is 73.1 cm³/mol. The number of rotatable bonds is 5. The molecule has 4 nitrogen and oxygen atoms in total. The van der Waals surface area contributed by atoms with Crippen molar-refractivity contribution in [1.29, 1.82) is 0 Å². The summed E-state index contributed by atoms with van der Waals surface area (Å²) >= 11 is 0. The summed E-state index contributed by atoms with van der Waals surface area (Å²) in [5.74, 6) is 0.411. The van der Waals surface area contributed by atoms with Gasteiger partial charge in [-0.15, -0.1) is 0 Å². The molecule has 0 saturated carbocycles. The predicted octanol–water partition coefficient (Wildman–Crippen LogP) is 2.36. The van der Waals surface area contributed by atoms with Gasteiger partial charge in [-0.2, -0.15) is 0 Å². The molecule has 0 aliphatic rings. The van der Waals surface area contributed by atoms with Crippen LogP contribution in [0.3, 0.4) is 0 Å². The summed E-state index contributed by atoms with van der Waals surface area (Å²) in [5.41, 5.74) is 7.22. The zero-order valence-corrected chi connectivity index (χ0v) is 10.7. The molecule has 4 heteroatoms. The third kappa shape index (κ3) is 3.17. The molecule has 1 aromatic heterocycles. The quantitative estimate of drug-likeness (QED) is 0.834. The zero-order chi connectivity index (χ0) is 13.7. The molecule has 1 aromatic carbocycles. The number of hydrogen-bond donors (Lipinski definition) is 1. The lowest BCUT2D eigenvalue weighted by molar-refractivity contribution is 0.0960. The maximum atomic E-state index is 12.3. The number of hydrogen-bond acceptors (Lipinski definition) is 4. The third-order valence-electron chi connectivity index (χ3n) is 2.75. The van der Waals surface area contributed by atoms with Crippen molar-refractivity contribution >= 4 is 5.78 Å². The highest BCUT2D eigenvalue weighted by molar-refractivity contribution is 6.00. The number of nitrogens with zero attached hydrogens (tertiary/aromatic N) is 1. The minimum atomic E-state index is -0.681. The number of ether oxygens (including phenoxy) is 1. The number of ketones is 1. The van der Waals surface area contributed by atoms with Crippen molar-refractivity contribution in [3.63, 3.8) is 0 Å². The number of carbonyl (C=O) groups is 1. The Morgan fingerprint density at radius 2 is 2.05 bits per heavy atom. The molecule has 0 amide bonds. The van der Waals surface area contributed by atoms with Gasteiger partial charge in [0.2, 0.25) is 0 Å². The highest BCUT2D eigenvalue weighted by atomic mass is 16.5. The van der Waals surface area contributed by atoms with Crippen LogP contribution in [0.15, 0.2) is 48.8 Å². The average Bonchev–Trinajstić information content (AvgIpc) is 2.47. The summed E-state index contributed by atoms with van der Waals surface area (Å²) in [5, 5.41) is 0. The van der Waals surface area contributed by atoms with Gasteiger partial charge < -0.3 is 10.5 Å². The Kier molecular flexibility index (Phi) is 4.26. The minimum Gasteiger partial charge on any atom is -0.492 e. The molecule has 98 valence electrons. The fourth-order valence-electron chi connectivity index (χ4n) is 1.79. The molecule has 1 atom stereocenters. The molecule has 2 aromatic rings. The molecule has 0 aliphatic heterocycles. The van der Waals surface area contributed by atoms with Crippen molar-refractivity contribution in [2.75, 3.05) is 6.61 Å². The van der Waals surface area contributed by atoms with E-state index in [4.69, 9.17) is 10.5 Å². The van der Waals surface area contributed by atoms with Crippen LogP contribution in [0.1, 0.15) is 28.9 Å². The van der Waals surface area contributed by atoms with Crippen molar-refractivity contribution < 1.29 is 9.53 Å². The Morgan fingerprint density at radius 3 is 2.74 bits per heavy atom. The van der Waals surface area contributed by atoms with Gasteiger partial charge in [-0.25, -0.2) is 0 Å². The van der Waals surface area contributed by atoms with Crippen molar-refractivity contribution in [2.45, 2.75) is 13.0 Å². The van der Waals surface area contributed by atoms with Crippen molar-refractivity contribution in [3.05, 3.63) is 59.9 Å². The molecule has 1 unspecified atom stereocenters. The molecule has 2 N–H and O–H groups in total. The molecular formula is C15H16N2O2. The molecule has 0 radical (unpaired) electrons. The molecule has 0 fully saturated rings. The molecule has 1 heterocycles. The summed E-state index contributed by atoms with van der Waals surface area (Å²) in [6, 6.07) is 10.3. The van der Waals surface area contributed by atoms with Gasteiger partial charge in [0.05, 0.1) is 18.8 Å². The summed E-state index contributed by atoms with van der Waals surface area (Å²) in [6.45, 7) is 2.41. The number of aromatic nitrogens is 1. The van der Waals surface area contributed by atoms with Gasteiger partial charge in [0.1, 0.15) is 5.75 Å². The zero-order valence-electron chi connectivity index (χ0n) is 10.7. The summed E-state index contributed by atoms with van der Waals surface area (Å²) in [4.78, 5) is 16.3. The van der Waals surface area contributed by atoms with Crippen LogP contribution in [0.2, 0.25) is 0 Å². The highest BCUT2D eigenvalue weighted by Gasteiger charge is 2.18. The van der Waals surface area contributed by atoms with Gasteiger partial charge in [0.15, 0.2) is 5.78 Å². The van der Waals surface area contributed by atoms with E-state index in [2.05, 4.69) is 4.98 Å². The van der Waals surface area contributed by atoms with Crippen LogP contribution in [0.4, 0.5) is 0 Å². The van der Waals surface area contributed by atoms with E-state index in [1.807, 2.05) is 37.3 Å². The van der Waals surface area contributed by atoms with Gasteiger partial charge in [-0.3, -0.25) is 9.78 Å².